The Kier molecular flexibility index (Phi) is 8.04. The van der Waals surface area contributed by atoms with Crippen LogP contribution in [0.4, 0.5) is 5.82 Å². The van der Waals surface area contributed by atoms with Crippen molar-refractivity contribution >= 4 is 26.7 Å². The van der Waals surface area contributed by atoms with Crippen molar-refractivity contribution in [3.05, 3.63) is 60.4 Å². The zero-order valence-corrected chi connectivity index (χ0v) is 22.6. The standard InChI is InChI=1S/C28H37N5O3S/c1-3-36-27(22-9-5-4-6-10-22)20-32-15-17-33(18-16-32)37(34,35)24-13-14-26-25(19-24)28(30-21-29-26)31(2)23-11-7-8-12-23/h4-6,9-10,13-14,19,21,23,27H,3,7-8,11-12,15-18,20H2,1-2H3. The molecule has 2 aliphatic rings. The normalized spacial score (nSPS) is 18.9. The number of nitrogens with zero attached hydrogens (tertiary/aromatic N) is 5. The number of fused-ring (bicyclic) bond motifs is 1. The summed E-state index contributed by atoms with van der Waals surface area (Å²) in [6, 6.07) is 15.9. The van der Waals surface area contributed by atoms with E-state index in [1.165, 1.54) is 12.8 Å². The molecule has 1 aliphatic carbocycles. The van der Waals surface area contributed by atoms with Crippen molar-refractivity contribution in [3.8, 4) is 0 Å². The van der Waals surface area contributed by atoms with Gasteiger partial charge in [-0.05, 0) is 43.5 Å². The maximum absolute atomic E-state index is 13.6. The zero-order valence-electron chi connectivity index (χ0n) is 21.8. The smallest absolute Gasteiger partial charge is 0.243 e. The van der Waals surface area contributed by atoms with Crippen LogP contribution in [0.2, 0.25) is 0 Å². The van der Waals surface area contributed by atoms with Crippen LogP contribution in [0.5, 0.6) is 0 Å². The van der Waals surface area contributed by atoms with Gasteiger partial charge in [0.1, 0.15) is 12.1 Å². The summed E-state index contributed by atoms with van der Waals surface area (Å²) in [7, 11) is -1.57. The molecule has 8 nitrogen and oxygen atoms in total. The Morgan fingerprint density at radius 1 is 1.03 bits per heavy atom. The van der Waals surface area contributed by atoms with Gasteiger partial charge < -0.3 is 9.64 Å². The van der Waals surface area contributed by atoms with E-state index in [4.69, 9.17) is 4.74 Å². The van der Waals surface area contributed by atoms with Gasteiger partial charge in [-0.25, -0.2) is 18.4 Å². The van der Waals surface area contributed by atoms with E-state index in [1.54, 1.807) is 28.8 Å². The monoisotopic (exact) mass is 523 g/mol. The Hall–Kier alpha value is -2.59. The molecule has 1 saturated heterocycles. The highest BCUT2D eigenvalue weighted by atomic mass is 32.2. The Morgan fingerprint density at radius 2 is 1.76 bits per heavy atom. The topological polar surface area (TPSA) is 78.9 Å². The third kappa shape index (κ3) is 5.65. The molecule has 2 aromatic carbocycles. The van der Waals surface area contributed by atoms with E-state index in [0.717, 1.165) is 41.7 Å². The lowest BCUT2D eigenvalue weighted by Crippen LogP contribution is -2.49. The minimum Gasteiger partial charge on any atom is -0.372 e. The lowest BCUT2D eigenvalue weighted by molar-refractivity contribution is 0.0249. The molecule has 37 heavy (non-hydrogen) atoms. The third-order valence-electron chi connectivity index (χ3n) is 7.72. The van der Waals surface area contributed by atoms with Crippen LogP contribution in [0.3, 0.4) is 0 Å². The lowest BCUT2D eigenvalue weighted by Gasteiger charge is -2.35. The zero-order chi connectivity index (χ0) is 25.8. The van der Waals surface area contributed by atoms with Gasteiger partial charge in [-0.15, -0.1) is 0 Å². The third-order valence-corrected chi connectivity index (χ3v) is 9.62. The average molecular weight is 524 g/mol. The lowest BCUT2D eigenvalue weighted by atomic mass is 10.1. The summed E-state index contributed by atoms with van der Waals surface area (Å²) in [6.45, 7) is 5.63. The molecule has 0 N–H and O–H groups in total. The summed E-state index contributed by atoms with van der Waals surface area (Å²) in [5.74, 6) is 0.807. The highest BCUT2D eigenvalue weighted by Gasteiger charge is 2.30. The van der Waals surface area contributed by atoms with Crippen LogP contribution in [0.25, 0.3) is 10.9 Å². The van der Waals surface area contributed by atoms with Crippen molar-refractivity contribution in [2.75, 3.05) is 51.3 Å². The van der Waals surface area contributed by atoms with Crippen LogP contribution >= 0.6 is 0 Å². The minimum absolute atomic E-state index is 0.0230. The van der Waals surface area contributed by atoms with E-state index < -0.39 is 10.0 Å². The number of sulfonamides is 1. The number of benzene rings is 2. The first-order valence-corrected chi connectivity index (χ1v) is 14.8. The molecule has 0 spiro atoms. The molecule has 2 heterocycles. The van der Waals surface area contributed by atoms with Crippen molar-refractivity contribution in [2.45, 2.75) is 49.6 Å². The van der Waals surface area contributed by atoms with Gasteiger partial charge >= 0.3 is 0 Å². The summed E-state index contributed by atoms with van der Waals surface area (Å²) in [6.07, 6.45) is 6.27. The molecule has 1 atom stereocenters. The van der Waals surface area contributed by atoms with Gasteiger partial charge in [0.05, 0.1) is 16.5 Å². The Balaban J connectivity index is 1.30. The largest absolute Gasteiger partial charge is 0.372 e. The molecule has 1 saturated carbocycles. The SMILES string of the molecule is CCOC(CN1CCN(S(=O)(=O)c2ccc3ncnc(N(C)C4CCCC4)c3c2)CC1)c1ccccc1. The van der Waals surface area contributed by atoms with Crippen molar-refractivity contribution in [1.29, 1.82) is 0 Å². The second-order valence-electron chi connectivity index (χ2n) is 9.98. The van der Waals surface area contributed by atoms with Gasteiger partial charge in [-0.1, -0.05) is 43.2 Å². The van der Waals surface area contributed by atoms with Crippen molar-refractivity contribution < 1.29 is 13.2 Å². The first-order chi connectivity index (χ1) is 18.0. The molecule has 5 rings (SSSR count). The highest BCUT2D eigenvalue weighted by Crippen LogP contribution is 2.32. The summed E-state index contributed by atoms with van der Waals surface area (Å²) < 4.78 is 34.9. The number of piperazine rings is 1. The summed E-state index contributed by atoms with van der Waals surface area (Å²) >= 11 is 0. The molecule has 198 valence electrons. The maximum Gasteiger partial charge on any atom is 0.243 e. The Morgan fingerprint density at radius 3 is 2.46 bits per heavy atom. The van der Waals surface area contributed by atoms with E-state index in [-0.39, 0.29) is 6.10 Å². The second kappa shape index (κ2) is 11.4. The molecule has 0 radical (unpaired) electrons. The molecule has 0 bridgehead atoms. The maximum atomic E-state index is 13.6. The number of aromatic nitrogens is 2. The van der Waals surface area contributed by atoms with Gasteiger partial charge in [-0.2, -0.15) is 4.31 Å². The van der Waals surface area contributed by atoms with Gasteiger partial charge in [0.25, 0.3) is 0 Å². The van der Waals surface area contributed by atoms with Crippen LogP contribution in [-0.2, 0) is 14.8 Å². The number of anilines is 1. The first-order valence-electron chi connectivity index (χ1n) is 13.3. The first kappa shape index (κ1) is 26.0. The van der Waals surface area contributed by atoms with Crippen molar-refractivity contribution in [3.63, 3.8) is 0 Å². The fraction of sp³-hybridized carbons (Fsp3) is 0.500. The van der Waals surface area contributed by atoms with Gasteiger partial charge in [0.2, 0.25) is 10.0 Å². The van der Waals surface area contributed by atoms with E-state index in [9.17, 15) is 8.42 Å². The fourth-order valence-corrected chi connectivity index (χ4v) is 7.04. The predicted molar refractivity (Wildman–Crippen MR) is 146 cm³/mol. The Labute approximate surface area is 220 Å². The average Bonchev–Trinajstić information content (AvgIpc) is 3.48. The van der Waals surface area contributed by atoms with Crippen LogP contribution < -0.4 is 4.90 Å². The molecule has 3 aromatic rings. The molecule has 1 aromatic heterocycles. The van der Waals surface area contributed by atoms with Crippen LogP contribution in [-0.4, -0.2) is 80.0 Å². The fourth-order valence-electron chi connectivity index (χ4n) is 5.59. The number of hydrogen-bond donors (Lipinski definition) is 0. The quantitative estimate of drug-likeness (QED) is 0.418. The highest BCUT2D eigenvalue weighted by molar-refractivity contribution is 7.89. The Bertz CT molecular complexity index is 1290. The van der Waals surface area contributed by atoms with E-state index in [1.807, 2.05) is 25.1 Å². The number of hydrogen-bond acceptors (Lipinski definition) is 7. The van der Waals surface area contributed by atoms with Gasteiger partial charge in [-0.3, -0.25) is 4.90 Å². The molecule has 2 fully saturated rings. The summed E-state index contributed by atoms with van der Waals surface area (Å²) in [5, 5.41) is 0.791. The van der Waals surface area contributed by atoms with E-state index in [2.05, 4.69) is 38.9 Å². The molecule has 0 amide bonds. The van der Waals surface area contributed by atoms with E-state index >= 15 is 0 Å². The van der Waals surface area contributed by atoms with Crippen molar-refractivity contribution in [1.82, 2.24) is 19.2 Å². The van der Waals surface area contributed by atoms with Crippen molar-refractivity contribution in [2.24, 2.45) is 0 Å². The van der Waals surface area contributed by atoms with E-state index in [0.29, 0.717) is 43.7 Å². The van der Waals surface area contributed by atoms with Crippen LogP contribution in [0.15, 0.2) is 59.8 Å². The van der Waals surface area contributed by atoms with Crippen LogP contribution in [0, 0.1) is 0 Å². The molecular weight excluding hydrogens is 486 g/mol. The molecular formula is C28H37N5O3S. The number of rotatable bonds is 9. The van der Waals surface area contributed by atoms with Gasteiger partial charge in [0.15, 0.2) is 0 Å². The summed E-state index contributed by atoms with van der Waals surface area (Å²) in [5.41, 5.74) is 1.91. The molecule has 1 aliphatic heterocycles. The second-order valence-corrected chi connectivity index (χ2v) is 11.9. The predicted octanol–water partition coefficient (Wildman–Crippen LogP) is 4.09. The van der Waals surface area contributed by atoms with Crippen LogP contribution in [0.1, 0.15) is 44.3 Å². The summed E-state index contributed by atoms with van der Waals surface area (Å²) in [4.78, 5) is 13.8. The van der Waals surface area contributed by atoms with Gasteiger partial charge in [0, 0.05) is 57.8 Å². The minimum atomic E-state index is -3.63. The molecule has 1 unspecified atom stereocenters. The number of ether oxygens (including phenoxy) is 1. The molecule has 9 heteroatoms.